The van der Waals surface area contributed by atoms with Crippen LogP contribution in [-0.2, 0) is 6.61 Å². The van der Waals surface area contributed by atoms with Gasteiger partial charge in [-0.2, -0.15) is 0 Å². The maximum absolute atomic E-state index is 9.82. The molecule has 0 saturated heterocycles. The molecule has 25 heavy (non-hydrogen) atoms. The zero-order chi connectivity index (χ0) is 17.6. The zero-order valence-electron chi connectivity index (χ0n) is 14.6. The van der Waals surface area contributed by atoms with Gasteiger partial charge < -0.3 is 15.2 Å². The summed E-state index contributed by atoms with van der Waals surface area (Å²) in [6, 6.07) is 24.0. The van der Waals surface area contributed by atoms with Crippen molar-refractivity contribution in [2.45, 2.75) is 26.5 Å². The van der Waals surface area contributed by atoms with Crippen LogP contribution in [-0.4, -0.2) is 5.11 Å². The number of phenolic OH excluding ortho intramolecular Hbond substituents is 1. The predicted molar refractivity (Wildman–Crippen MR) is 102 cm³/mol. The fraction of sp³-hybridized carbons (Fsp3) is 0.182. The molecule has 0 aromatic heterocycles. The molecule has 128 valence electrons. The van der Waals surface area contributed by atoms with Crippen molar-refractivity contribution in [3.63, 3.8) is 0 Å². The molecule has 0 aliphatic carbocycles. The molecule has 3 nitrogen and oxygen atoms in total. The third-order valence-electron chi connectivity index (χ3n) is 4.22. The van der Waals surface area contributed by atoms with Crippen LogP contribution in [0.25, 0.3) is 0 Å². The van der Waals surface area contributed by atoms with E-state index in [1.54, 1.807) is 6.07 Å². The Morgan fingerprint density at radius 2 is 1.68 bits per heavy atom. The first kappa shape index (κ1) is 16.9. The van der Waals surface area contributed by atoms with Gasteiger partial charge in [0.25, 0.3) is 0 Å². The van der Waals surface area contributed by atoms with Crippen molar-refractivity contribution >= 4 is 5.69 Å². The van der Waals surface area contributed by atoms with Gasteiger partial charge in [-0.25, -0.2) is 0 Å². The molecule has 1 atom stereocenters. The molecule has 0 spiro atoms. The molecule has 0 amide bonds. The van der Waals surface area contributed by atoms with Crippen molar-refractivity contribution in [1.29, 1.82) is 0 Å². The van der Waals surface area contributed by atoms with Gasteiger partial charge in [-0.3, -0.25) is 0 Å². The summed E-state index contributed by atoms with van der Waals surface area (Å²) in [4.78, 5) is 0. The first-order valence-electron chi connectivity index (χ1n) is 8.44. The standard InChI is InChI=1S/C22H23NO2/c1-16-8-11-20(14-22(16)24)23-17(2)19-9-12-21(13-10-19)25-15-18-6-4-3-5-7-18/h3-14,17,23-24H,15H2,1-2H3. The molecule has 0 bridgehead atoms. The molecule has 0 aliphatic rings. The van der Waals surface area contributed by atoms with Crippen LogP contribution in [0.2, 0.25) is 0 Å². The van der Waals surface area contributed by atoms with Crippen LogP contribution in [0.4, 0.5) is 5.69 Å². The Balaban J connectivity index is 1.60. The number of rotatable bonds is 6. The number of benzene rings is 3. The largest absolute Gasteiger partial charge is 0.508 e. The number of ether oxygens (including phenoxy) is 1. The molecule has 2 N–H and O–H groups in total. The van der Waals surface area contributed by atoms with E-state index in [0.717, 1.165) is 28.1 Å². The Morgan fingerprint density at radius 1 is 0.960 bits per heavy atom. The van der Waals surface area contributed by atoms with E-state index in [1.165, 1.54) is 0 Å². The van der Waals surface area contributed by atoms with E-state index in [2.05, 4.69) is 36.5 Å². The predicted octanol–water partition coefficient (Wildman–Crippen LogP) is 5.45. The van der Waals surface area contributed by atoms with Crippen LogP contribution in [0, 0.1) is 6.92 Å². The summed E-state index contributed by atoms with van der Waals surface area (Å²) in [7, 11) is 0. The van der Waals surface area contributed by atoms with Crippen molar-refractivity contribution in [2.75, 3.05) is 5.32 Å². The van der Waals surface area contributed by atoms with E-state index in [9.17, 15) is 5.11 Å². The quantitative estimate of drug-likeness (QED) is 0.630. The lowest BCUT2D eigenvalue weighted by Crippen LogP contribution is -2.06. The van der Waals surface area contributed by atoms with Gasteiger partial charge in [-0.05, 0) is 48.7 Å². The highest BCUT2D eigenvalue weighted by molar-refractivity contribution is 5.52. The van der Waals surface area contributed by atoms with Crippen molar-refractivity contribution in [3.8, 4) is 11.5 Å². The second kappa shape index (κ2) is 7.75. The topological polar surface area (TPSA) is 41.5 Å². The Bertz CT molecular complexity index is 813. The molecule has 3 rings (SSSR count). The van der Waals surface area contributed by atoms with Crippen LogP contribution in [0.15, 0.2) is 72.8 Å². The minimum absolute atomic E-state index is 0.130. The lowest BCUT2D eigenvalue weighted by molar-refractivity contribution is 0.306. The number of nitrogens with one attached hydrogen (secondary N) is 1. The normalized spacial score (nSPS) is 11.8. The van der Waals surface area contributed by atoms with Gasteiger partial charge in [0.2, 0.25) is 0 Å². The van der Waals surface area contributed by atoms with Crippen LogP contribution in [0.5, 0.6) is 11.5 Å². The summed E-state index contributed by atoms with van der Waals surface area (Å²) in [5, 5.41) is 13.2. The molecule has 1 unspecified atom stereocenters. The maximum atomic E-state index is 9.82. The maximum Gasteiger partial charge on any atom is 0.120 e. The Labute approximate surface area is 148 Å². The number of anilines is 1. The highest BCUT2D eigenvalue weighted by atomic mass is 16.5. The average Bonchev–Trinajstić information content (AvgIpc) is 2.64. The zero-order valence-corrected chi connectivity index (χ0v) is 14.6. The van der Waals surface area contributed by atoms with E-state index in [1.807, 2.05) is 49.4 Å². The van der Waals surface area contributed by atoms with Gasteiger partial charge in [0, 0.05) is 17.8 Å². The Hall–Kier alpha value is -2.94. The second-order valence-electron chi connectivity index (χ2n) is 6.21. The summed E-state index contributed by atoms with van der Waals surface area (Å²) >= 11 is 0. The number of aromatic hydroxyl groups is 1. The van der Waals surface area contributed by atoms with Gasteiger partial charge >= 0.3 is 0 Å². The average molecular weight is 333 g/mol. The fourth-order valence-electron chi connectivity index (χ4n) is 2.63. The highest BCUT2D eigenvalue weighted by Gasteiger charge is 2.07. The monoisotopic (exact) mass is 333 g/mol. The van der Waals surface area contributed by atoms with Crippen LogP contribution < -0.4 is 10.1 Å². The summed E-state index contributed by atoms with van der Waals surface area (Å²) in [6.45, 7) is 4.55. The third-order valence-corrected chi connectivity index (χ3v) is 4.22. The molecule has 0 radical (unpaired) electrons. The molecule has 0 aliphatic heterocycles. The number of aryl methyl sites for hydroxylation is 1. The summed E-state index contributed by atoms with van der Waals surface area (Å²) in [5.41, 5.74) is 4.09. The molecular formula is C22H23NO2. The van der Waals surface area contributed by atoms with Crippen molar-refractivity contribution in [1.82, 2.24) is 0 Å². The lowest BCUT2D eigenvalue weighted by atomic mass is 10.1. The number of phenols is 1. The lowest BCUT2D eigenvalue weighted by Gasteiger charge is -2.17. The highest BCUT2D eigenvalue weighted by Crippen LogP contribution is 2.26. The molecule has 3 aromatic carbocycles. The van der Waals surface area contributed by atoms with Gasteiger partial charge in [-0.1, -0.05) is 48.5 Å². The van der Waals surface area contributed by atoms with E-state index < -0.39 is 0 Å². The van der Waals surface area contributed by atoms with Crippen LogP contribution in [0.3, 0.4) is 0 Å². The van der Waals surface area contributed by atoms with Gasteiger partial charge in [0.05, 0.1) is 0 Å². The molecule has 3 aromatic rings. The third kappa shape index (κ3) is 4.54. The minimum atomic E-state index is 0.130. The van der Waals surface area contributed by atoms with Crippen LogP contribution >= 0.6 is 0 Å². The van der Waals surface area contributed by atoms with Gasteiger partial charge in [0.15, 0.2) is 0 Å². The Kier molecular flexibility index (Phi) is 5.24. The smallest absolute Gasteiger partial charge is 0.120 e. The molecule has 3 heteroatoms. The van der Waals surface area contributed by atoms with E-state index in [-0.39, 0.29) is 6.04 Å². The first-order chi connectivity index (χ1) is 12.1. The second-order valence-corrected chi connectivity index (χ2v) is 6.21. The number of hydrogen-bond acceptors (Lipinski definition) is 3. The van der Waals surface area contributed by atoms with Crippen LogP contribution in [0.1, 0.15) is 29.7 Å². The molecule has 0 saturated carbocycles. The summed E-state index contributed by atoms with van der Waals surface area (Å²) in [6.07, 6.45) is 0. The van der Waals surface area contributed by atoms with Gasteiger partial charge in [-0.15, -0.1) is 0 Å². The van der Waals surface area contributed by atoms with Crippen molar-refractivity contribution < 1.29 is 9.84 Å². The SMILES string of the molecule is Cc1ccc(NC(C)c2ccc(OCc3ccccc3)cc2)cc1O. The van der Waals surface area contributed by atoms with E-state index in [4.69, 9.17) is 4.74 Å². The van der Waals surface area contributed by atoms with E-state index in [0.29, 0.717) is 12.4 Å². The van der Waals surface area contributed by atoms with Gasteiger partial charge in [0.1, 0.15) is 18.1 Å². The summed E-state index contributed by atoms with van der Waals surface area (Å²) in [5.74, 6) is 1.16. The molecule has 0 heterocycles. The first-order valence-corrected chi connectivity index (χ1v) is 8.44. The number of hydrogen-bond donors (Lipinski definition) is 2. The van der Waals surface area contributed by atoms with E-state index >= 15 is 0 Å². The Morgan fingerprint density at radius 3 is 2.36 bits per heavy atom. The molecular weight excluding hydrogens is 310 g/mol. The molecule has 0 fully saturated rings. The summed E-state index contributed by atoms with van der Waals surface area (Å²) < 4.78 is 5.82. The fourth-order valence-corrected chi connectivity index (χ4v) is 2.63. The minimum Gasteiger partial charge on any atom is -0.508 e. The van der Waals surface area contributed by atoms with Crippen molar-refractivity contribution in [3.05, 3.63) is 89.5 Å². The van der Waals surface area contributed by atoms with Crippen molar-refractivity contribution in [2.24, 2.45) is 0 Å².